The summed E-state index contributed by atoms with van der Waals surface area (Å²) >= 11 is 0.723. The summed E-state index contributed by atoms with van der Waals surface area (Å²) in [6, 6.07) is 1.49. The number of amides is 1. The van der Waals surface area contributed by atoms with E-state index in [4.69, 9.17) is 0 Å². The molecule has 1 fully saturated rings. The molecule has 0 unspecified atom stereocenters. The van der Waals surface area contributed by atoms with Crippen LogP contribution < -0.4 is 0 Å². The highest BCUT2D eigenvalue weighted by molar-refractivity contribution is 8.00. The number of alkyl halides is 3. The number of likely N-dealkylation sites (tertiary alicyclic amines) is 1. The molecule has 0 aliphatic carbocycles. The molecule has 1 aromatic heterocycles. The molecule has 1 N–H and O–H groups in total. The zero-order chi connectivity index (χ0) is 21.3. The van der Waals surface area contributed by atoms with Crippen molar-refractivity contribution in [3.8, 4) is 6.07 Å². The van der Waals surface area contributed by atoms with Gasteiger partial charge < -0.3 is 10.0 Å². The molecule has 152 valence electrons. The van der Waals surface area contributed by atoms with Crippen LogP contribution in [0.4, 0.5) is 13.2 Å². The summed E-state index contributed by atoms with van der Waals surface area (Å²) in [6.45, 7) is 5.37. The second kappa shape index (κ2) is 7.99. The Morgan fingerprint density at radius 1 is 1.39 bits per heavy atom. The van der Waals surface area contributed by atoms with Crippen LogP contribution in [0.25, 0.3) is 0 Å². The summed E-state index contributed by atoms with van der Waals surface area (Å²) in [5, 5.41) is 18.3. The average Bonchev–Trinajstić information content (AvgIpc) is 3.07. The molecule has 1 aliphatic heterocycles. The van der Waals surface area contributed by atoms with Gasteiger partial charge in [0.1, 0.15) is 17.1 Å². The van der Waals surface area contributed by atoms with Crippen molar-refractivity contribution >= 4 is 23.6 Å². The Kier molecular flexibility index (Phi) is 6.28. The third-order valence-electron chi connectivity index (χ3n) is 4.36. The van der Waals surface area contributed by atoms with Gasteiger partial charge in [0, 0.05) is 17.7 Å². The van der Waals surface area contributed by atoms with Gasteiger partial charge in [-0.05, 0) is 18.9 Å². The Morgan fingerprint density at radius 3 is 2.54 bits per heavy atom. The topological polar surface area (TPSA) is 94.3 Å². The highest BCUT2D eigenvalue weighted by Gasteiger charge is 2.38. The van der Waals surface area contributed by atoms with Crippen molar-refractivity contribution in [1.29, 1.82) is 5.26 Å². The molecule has 2 rings (SSSR count). The third kappa shape index (κ3) is 4.76. The van der Waals surface area contributed by atoms with E-state index in [0.29, 0.717) is 12.8 Å². The molecular formula is C18H20F3N3O3S. The standard InChI is InChI=1S/C18H20F3N3O3S/c1-17(2,3)13-7-11(18(19,20)21)10(8-22)15(23-13)28-9-14(25)24-6-4-5-12(24)16(26)27/h7,12H,4-6,9H2,1-3H3,(H,26,27)/t12-/m0/s1. The van der Waals surface area contributed by atoms with Gasteiger partial charge in [-0.1, -0.05) is 32.5 Å². The van der Waals surface area contributed by atoms with Gasteiger partial charge in [0.25, 0.3) is 0 Å². The van der Waals surface area contributed by atoms with Crippen LogP contribution in [0.1, 0.15) is 50.4 Å². The van der Waals surface area contributed by atoms with Crippen LogP contribution in [0.5, 0.6) is 0 Å². The van der Waals surface area contributed by atoms with Crippen LogP contribution in [0.2, 0.25) is 0 Å². The van der Waals surface area contributed by atoms with Gasteiger partial charge in [0.2, 0.25) is 5.91 Å². The largest absolute Gasteiger partial charge is 0.480 e. The maximum absolute atomic E-state index is 13.4. The molecule has 10 heteroatoms. The van der Waals surface area contributed by atoms with Crippen LogP contribution >= 0.6 is 11.8 Å². The molecule has 0 aromatic carbocycles. The van der Waals surface area contributed by atoms with Gasteiger partial charge in [0.05, 0.1) is 16.9 Å². The first-order valence-electron chi connectivity index (χ1n) is 8.54. The number of pyridine rings is 1. The smallest absolute Gasteiger partial charge is 0.417 e. The molecule has 2 heterocycles. The zero-order valence-electron chi connectivity index (χ0n) is 15.6. The van der Waals surface area contributed by atoms with Crippen molar-refractivity contribution in [2.24, 2.45) is 0 Å². The van der Waals surface area contributed by atoms with Gasteiger partial charge >= 0.3 is 12.1 Å². The van der Waals surface area contributed by atoms with Crippen LogP contribution in [0.15, 0.2) is 11.1 Å². The first kappa shape index (κ1) is 22.0. The van der Waals surface area contributed by atoms with Gasteiger partial charge in [-0.3, -0.25) is 4.79 Å². The molecule has 1 atom stereocenters. The summed E-state index contributed by atoms with van der Waals surface area (Å²) in [6.07, 6.45) is -3.85. The summed E-state index contributed by atoms with van der Waals surface area (Å²) in [5.74, 6) is -1.91. The average molecular weight is 415 g/mol. The summed E-state index contributed by atoms with van der Waals surface area (Å²) < 4.78 is 40.3. The number of carbonyl (C=O) groups is 2. The minimum Gasteiger partial charge on any atom is -0.480 e. The minimum atomic E-state index is -4.74. The molecular weight excluding hydrogens is 395 g/mol. The Labute approximate surface area is 164 Å². The highest BCUT2D eigenvalue weighted by Crippen LogP contribution is 2.38. The number of carbonyl (C=O) groups excluding carboxylic acids is 1. The van der Waals surface area contributed by atoms with E-state index in [-0.39, 0.29) is 23.0 Å². The number of hydrogen-bond donors (Lipinski definition) is 1. The number of hydrogen-bond acceptors (Lipinski definition) is 5. The SMILES string of the molecule is CC(C)(C)c1cc(C(F)(F)F)c(C#N)c(SCC(=O)N2CCC[C@H]2C(=O)O)n1. The molecule has 28 heavy (non-hydrogen) atoms. The van der Waals surface area contributed by atoms with Gasteiger partial charge in [-0.25, -0.2) is 9.78 Å². The fraction of sp³-hybridized carbons (Fsp3) is 0.556. The minimum absolute atomic E-state index is 0.151. The maximum Gasteiger partial charge on any atom is 0.417 e. The van der Waals surface area contributed by atoms with E-state index in [1.54, 1.807) is 26.8 Å². The van der Waals surface area contributed by atoms with Crippen LogP contribution in [0, 0.1) is 11.3 Å². The lowest BCUT2D eigenvalue weighted by Gasteiger charge is -2.23. The number of rotatable bonds is 4. The second-order valence-electron chi connectivity index (χ2n) is 7.47. The number of aromatic nitrogens is 1. The van der Waals surface area contributed by atoms with E-state index >= 15 is 0 Å². The summed E-state index contributed by atoms with van der Waals surface area (Å²) in [4.78, 5) is 29.0. The molecule has 0 bridgehead atoms. The Morgan fingerprint density at radius 2 is 2.04 bits per heavy atom. The van der Waals surface area contributed by atoms with Crippen molar-refractivity contribution in [2.75, 3.05) is 12.3 Å². The van der Waals surface area contributed by atoms with Crippen LogP contribution in [0.3, 0.4) is 0 Å². The third-order valence-corrected chi connectivity index (χ3v) is 5.32. The monoisotopic (exact) mass is 415 g/mol. The number of carboxylic acids is 1. The first-order valence-corrected chi connectivity index (χ1v) is 9.52. The highest BCUT2D eigenvalue weighted by atomic mass is 32.2. The first-order chi connectivity index (χ1) is 12.9. The second-order valence-corrected chi connectivity index (χ2v) is 8.43. The number of halogens is 3. The lowest BCUT2D eigenvalue weighted by Crippen LogP contribution is -2.41. The number of thioether (sulfide) groups is 1. The molecule has 1 aliphatic rings. The predicted molar refractivity (Wildman–Crippen MR) is 95.7 cm³/mol. The van der Waals surface area contributed by atoms with Gasteiger partial charge in [0.15, 0.2) is 0 Å². The van der Waals surface area contributed by atoms with Crippen molar-refractivity contribution in [3.05, 3.63) is 22.9 Å². The van der Waals surface area contributed by atoms with Gasteiger partial charge in [-0.2, -0.15) is 18.4 Å². The Balaban J connectivity index is 2.35. The summed E-state index contributed by atoms with van der Waals surface area (Å²) in [5.41, 5.74) is -2.27. The van der Waals surface area contributed by atoms with E-state index in [1.807, 2.05) is 0 Å². The molecule has 1 aromatic rings. The number of aliphatic carboxylic acids is 1. The fourth-order valence-corrected chi connectivity index (χ4v) is 3.77. The van der Waals surface area contributed by atoms with E-state index in [9.17, 15) is 33.1 Å². The zero-order valence-corrected chi connectivity index (χ0v) is 16.4. The Bertz CT molecular complexity index is 828. The van der Waals surface area contributed by atoms with Gasteiger partial charge in [-0.15, -0.1) is 0 Å². The maximum atomic E-state index is 13.4. The van der Waals surface area contributed by atoms with E-state index in [2.05, 4.69) is 4.98 Å². The number of nitrogens with zero attached hydrogens (tertiary/aromatic N) is 3. The van der Waals surface area contributed by atoms with Crippen LogP contribution in [-0.2, 0) is 21.2 Å². The summed E-state index contributed by atoms with van der Waals surface area (Å²) in [7, 11) is 0. The molecule has 0 radical (unpaired) electrons. The molecule has 0 saturated carbocycles. The lowest BCUT2D eigenvalue weighted by molar-refractivity contribution is -0.147. The Hall–Kier alpha value is -2.28. The molecule has 0 spiro atoms. The fourth-order valence-electron chi connectivity index (χ4n) is 2.88. The number of carboxylic acid groups (broad SMARTS) is 1. The van der Waals surface area contributed by atoms with Crippen molar-refractivity contribution in [1.82, 2.24) is 9.88 Å². The molecule has 1 saturated heterocycles. The van der Waals surface area contributed by atoms with E-state index < -0.39 is 40.6 Å². The van der Waals surface area contributed by atoms with Crippen molar-refractivity contribution < 1.29 is 27.9 Å². The van der Waals surface area contributed by atoms with E-state index in [0.717, 1.165) is 17.8 Å². The lowest BCUT2D eigenvalue weighted by atomic mass is 9.90. The van der Waals surface area contributed by atoms with Crippen LogP contribution in [-0.4, -0.2) is 45.2 Å². The van der Waals surface area contributed by atoms with Crippen molar-refractivity contribution in [2.45, 2.75) is 56.3 Å². The molecule has 1 amide bonds. The normalized spacial score (nSPS) is 17.5. The van der Waals surface area contributed by atoms with Crippen molar-refractivity contribution in [3.63, 3.8) is 0 Å². The van der Waals surface area contributed by atoms with E-state index in [1.165, 1.54) is 4.90 Å². The predicted octanol–water partition coefficient (Wildman–Crippen LogP) is 3.44. The number of nitriles is 1. The quantitative estimate of drug-likeness (QED) is 0.757. The molecule has 6 nitrogen and oxygen atoms in total.